The number of hydrogen-bond donors (Lipinski definition) is 2. The average molecular weight is 669 g/mol. The maximum absolute atomic E-state index is 13.8. The van der Waals surface area contributed by atoms with Crippen LogP contribution in [-0.2, 0) is 21.0 Å². The Morgan fingerprint density at radius 3 is 2.22 bits per heavy atom. The lowest BCUT2D eigenvalue weighted by Gasteiger charge is -2.36. The summed E-state index contributed by atoms with van der Waals surface area (Å²) in [6, 6.07) is 5.61. The third-order valence-corrected chi connectivity index (χ3v) is 10.5. The average Bonchev–Trinajstić information content (AvgIpc) is 3.31. The Hall–Kier alpha value is -3.69. The van der Waals surface area contributed by atoms with Gasteiger partial charge in [-0.05, 0) is 92.6 Å². The summed E-state index contributed by atoms with van der Waals surface area (Å²) in [4.78, 5) is 31.9. The second-order valence-electron chi connectivity index (χ2n) is 12.1. The van der Waals surface area contributed by atoms with Gasteiger partial charge in [-0.3, -0.25) is 14.6 Å². The van der Waals surface area contributed by atoms with Gasteiger partial charge in [0.25, 0.3) is 11.8 Å². The van der Waals surface area contributed by atoms with E-state index in [4.69, 9.17) is 0 Å². The minimum absolute atomic E-state index is 0.0170. The van der Waals surface area contributed by atoms with Crippen molar-refractivity contribution in [3.63, 3.8) is 0 Å². The third-order valence-electron chi connectivity index (χ3n) is 8.91. The van der Waals surface area contributed by atoms with Crippen LogP contribution >= 0.6 is 0 Å². The van der Waals surface area contributed by atoms with Crippen molar-refractivity contribution in [3.05, 3.63) is 74.9 Å². The summed E-state index contributed by atoms with van der Waals surface area (Å²) in [5, 5.41) is 13.6. The van der Waals surface area contributed by atoms with E-state index in [-0.39, 0.29) is 69.2 Å². The highest BCUT2D eigenvalue weighted by atomic mass is 32.2. The summed E-state index contributed by atoms with van der Waals surface area (Å²) in [6.07, 6.45) is -3.26. The zero-order valence-corrected chi connectivity index (χ0v) is 25.9. The molecule has 248 valence electrons. The number of rotatable bonds is 6. The van der Waals surface area contributed by atoms with Crippen molar-refractivity contribution in [2.24, 2.45) is 4.99 Å². The number of hydrogen-bond acceptors (Lipinski definition) is 6. The number of aliphatic hydroxyl groups is 1. The fourth-order valence-corrected chi connectivity index (χ4v) is 7.21. The van der Waals surface area contributed by atoms with Gasteiger partial charge in [-0.25, -0.2) is 17.2 Å². The Labute approximate surface area is 262 Å². The van der Waals surface area contributed by atoms with E-state index >= 15 is 0 Å². The van der Waals surface area contributed by atoms with E-state index in [0.29, 0.717) is 34.4 Å². The number of sulfonamides is 1. The monoisotopic (exact) mass is 668 g/mol. The van der Waals surface area contributed by atoms with Crippen molar-refractivity contribution in [1.29, 1.82) is 0 Å². The Morgan fingerprint density at radius 2 is 1.65 bits per heavy atom. The van der Waals surface area contributed by atoms with Crippen LogP contribution in [0.4, 0.5) is 22.0 Å². The van der Waals surface area contributed by atoms with Gasteiger partial charge in [-0.1, -0.05) is 0 Å². The van der Waals surface area contributed by atoms with Crippen LogP contribution in [0.2, 0.25) is 0 Å². The first-order valence-corrected chi connectivity index (χ1v) is 16.1. The Balaban J connectivity index is 1.26. The van der Waals surface area contributed by atoms with Crippen LogP contribution in [0, 0.1) is 19.7 Å². The quantitative estimate of drug-likeness (QED) is 0.450. The zero-order chi connectivity index (χ0) is 33.7. The molecule has 46 heavy (non-hydrogen) atoms. The van der Waals surface area contributed by atoms with E-state index in [2.05, 4.69) is 10.3 Å². The van der Waals surface area contributed by atoms with Gasteiger partial charge >= 0.3 is 6.18 Å². The van der Waals surface area contributed by atoms with E-state index in [9.17, 15) is 45.1 Å². The normalized spacial score (nSPS) is 20.3. The number of carbonyl (C=O) groups is 2. The summed E-state index contributed by atoms with van der Waals surface area (Å²) in [5.74, 6) is -2.43. The minimum Gasteiger partial charge on any atom is -0.387 e. The fourth-order valence-electron chi connectivity index (χ4n) is 6.04. The molecule has 3 aliphatic heterocycles. The van der Waals surface area contributed by atoms with Crippen LogP contribution in [0.25, 0.3) is 6.08 Å². The predicted molar refractivity (Wildman–Crippen MR) is 160 cm³/mol. The Morgan fingerprint density at radius 1 is 1.04 bits per heavy atom. The maximum Gasteiger partial charge on any atom is 0.419 e. The molecule has 5 rings (SSSR count). The fraction of sp³-hybridized carbons (Fsp3) is 0.452. The molecule has 0 saturated carbocycles. The molecule has 2 amide bonds. The standard InChI is InChI=1S/C31H33F5N4O5S/c1-19-15-22(27(41)39-10-6-29(43,18-32)7-11-39)16-20(2)23(19)5-14-46(44,45)40-12-8-30(9-13-40)28(42)37-26(38-30)21-3-4-25(33)24(17-21)31(34,35)36/h3-5,14-17,43H,6-13,18H2,1-2H3,(H,37,38,42)/b14-5+. The molecule has 15 heteroatoms. The number of aryl methyl sites for hydroxylation is 2. The number of nitrogens with zero attached hydrogens (tertiary/aromatic N) is 3. The molecule has 3 heterocycles. The SMILES string of the molecule is Cc1cc(C(=O)N2CCC(O)(CF)CC2)cc(C)c1/C=C/S(=O)(=O)N1CCC2(CC1)N=C(c1ccc(F)c(C(F)(F)F)c1)NC2=O. The van der Waals surface area contributed by atoms with Gasteiger partial charge in [0.15, 0.2) is 0 Å². The number of piperidine rings is 2. The zero-order valence-electron chi connectivity index (χ0n) is 25.1. The third kappa shape index (κ3) is 6.58. The van der Waals surface area contributed by atoms with Crippen LogP contribution in [0.5, 0.6) is 0 Å². The maximum atomic E-state index is 13.8. The first kappa shape index (κ1) is 33.7. The molecule has 0 bridgehead atoms. The van der Waals surface area contributed by atoms with Crippen molar-refractivity contribution >= 4 is 33.7 Å². The summed E-state index contributed by atoms with van der Waals surface area (Å²) >= 11 is 0. The van der Waals surface area contributed by atoms with E-state index in [1.165, 1.54) is 10.4 Å². The highest BCUT2D eigenvalue weighted by Crippen LogP contribution is 2.35. The van der Waals surface area contributed by atoms with Crippen molar-refractivity contribution in [3.8, 4) is 0 Å². The molecular formula is C31H33F5N4O5S. The summed E-state index contributed by atoms with van der Waals surface area (Å²) in [5.41, 5.74) is -2.08. The smallest absolute Gasteiger partial charge is 0.387 e. The molecule has 0 aromatic heterocycles. The Bertz CT molecular complexity index is 1700. The van der Waals surface area contributed by atoms with Crippen molar-refractivity contribution in [2.75, 3.05) is 32.9 Å². The highest BCUT2D eigenvalue weighted by Gasteiger charge is 2.47. The second-order valence-corrected chi connectivity index (χ2v) is 13.9. The number of benzene rings is 2. The van der Waals surface area contributed by atoms with Gasteiger partial charge in [-0.2, -0.15) is 17.5 Å². The molecule has 0 unspecified atom stereocenters. The van der Waals surface area contributed by atoms with Crippen LogP contribution in [-0.4, -0.2) is 84.4 Å². The van der Waals surface area contributed by atoms with Crippen LogP contribution < -0.4 is 5.32 Å². The molecule has 9 nitrogen and oxygen atoms in total. The number of halogens is 5. The molecule has 1 spiro atoms. The van der Waals surface area contributed by atoms with E-state index in [0.717, 1.165) is 11.5 Å². The summed E-state index contributed by atoms with van der Waals surface area (Å²) < 4.78 is 94.1. The number of carbonyl (C=O) groups excluding carboxylic acids is 2. The Kier molecular flexibility index (Phi) is 8.90. The van der Waals surface area contributed by atoms with Gasteiger partial charge in [0.2, 0.25) is 10.0 Å². The lowest BCUT2D eigenvalue weighted by Crippen LogP contribution is -2.50. The second kappa shape index (κ2) is 12.2. The van der Waals surface area contributed by atoms with Crippen molar-refractivity contribution < 1.29 is 45.1 Å². The van der Waals surface area contributed by atoms with Crippen LogP contribution in [0.15, 0.2) is 40.7 Å². The topological polar surface area (TPSA) is 119 Å². The molecule has 0 aliphatic carbocycles. The molecule has 2 aromatic rings. The van der Waals surface area contributed by atoms with E-state index in [1.807, 2.05) is 0 Å². The van der Waals surface area contributed by atoms with Crippen molar-refractivity contribution in [2.45, 2.75) is 56.8 Å². The molecule has 2 saturated heterocycles. The predicted octanol–water partition coefficient (Wildman–Crippen LogP) is 4.11. The first-order chi connectivity index (χ1) is 21.5. The number of aliphatic imine (C=N–C) groups is 1. The van der Waals surface area contributed by atoms with E-state index in [1.54, 1.807) is 30.9 Å². The van der Waals surface area contributed by atoms with Gasteiger partial charge < -0.3 is 15.3 Å². The van der Waals surface area contributed by atoms with Crippen molar-refractivity contribution in [1.82, 2.24) is 14.5 Å². The van der Waals surface area contributed by atoms with Gasteiger partial charge in [0.1, 0.15) is 23.9 Å². The number of amides is 2. The van der Waals surface area contributed by atoms with Crippen LogP contribution in [0.1, 0.15) is 63.9 Å². The van der Waals surface area contributed by atoms with Gasteiger partial charge in [0.05, 0.1) is 11.2 Å². The number of alkyl halides is 4. The molecule has 3 aliphatic rings. The summed E-state index contributed by atoms with van der Waals surface area (Å²) in [7, 11) is -3.95. The molecule has 0 atom stereocenters. The minimum atomic E-state index is -4.94. The lowest BCUT2D eigenvalue weighted by atomic mass is 9.89. The first-order valence-electron chi connectivity index (χ1n) is 14.6. The van der Waals surface area contributed by atoms with Gasteiger partial charge in [0, 0.05) is 42.7 Å². The van der Waals surface area contributed by atoms with Crippen LogP contribution in [0.3, 0.4) is 0 Å². The largest absolute Gasteiger partial charge is 0.419 e. The number of likely N-dealkylation sites (tertiary alicyclic amines) is 1. The number of amidine groups is 1. The molecular weight excluding hydrogens is 635 g/mol. The lowest BCUT2D eigenvalue weighted by molar-refractivity contribution is -0.140. The molecule has 2 N–H and O–H groups in total. The molecule has 0 radical (unpaired) electrons. The molecule has 2 fully saturated rings. The van der Waals surface area contributed by atoms with Gasteiger partial charge in [-0.15, -0.1) is 0 Å². The summed E-state index contributed by atoms with van der Waals surface area (Å²) in [6.45, 7) is 2.89. The number of nitrogens with one attached hydrogen (secondary N) is 1. The molecule has 2 aromatic carbocycles. The highest BCUT2D eigenvalue weighted by molar-refractivity contribution is 7.92. The van der Waals surface area contributed by atoms with E-state index < -0.39 is 51.3 Å².